The van der Waals surface area contributed by atoms with Crippen LogP contribution in [0.25, 0.3) is 0 Å². The summed E-state index contributed by atoms with van der Waals surface area (Å²) in [4.78, 5) is 12.7. The Hall–Kier alpha value is -2.14. The zero-order chi connectivity index (χ0) is 21.9. The van der Waals surface area contributed by atoms with Crippen LogP contribution in [-0.2, 0) is 26.6 Å². The first-order valence-corrected chi connectivity index (χ1v) is 12.9. The van der Waals surface area contributed by atoms with Gasteiger partial charge in [0.25, 0.3) is 5.91 Å². The van der Waals surface area contributed by atoms with E-state index in [0.29, 0.717) is 24.3 Å². The van der Waals surface area contributed by atoms with Crippen LogP contribution in [-0.4, -0.2) is 46.4 Å². The Bertz CT molecular complexity index is 1160. The van der Waals surface area contributed by atoms with Crippen molar-refractivity contribution in [2.24, 2.45) is 0 Å². The summed E-state index contributed by atoms with van der Waals surface area (Å²) in [6, 6.07) is 10.7. The number of rotatable bonds is 7. The van der Waals surface area contributed by atoms with E-state index in [1.807, 2.05) is 0 Å². The van der Waals surface area contributed by atoms with Crippen molar-refractivity contribution < 1.29 is 21.6 Å². The van der Waals surface area contributed by atoms with Crippen molar-refractivity contribution in [1.82, 2.24) is 9.62 Å². The van der Waals surface area contributed by atoms with Crippen molar-refractivity contribution in [2.45, 2.75) is 24.3 Å². The Morgan fingerprint density at radius 1 is 1.07 bits per heavy atom. The van der Waals surface area contributed by atoms with E-state index in [1.165, 1.54) is 22.5 Å². The highest BCUT2D eigenvalue weighted by Crippen LogP contribution is 2.25. The molecule has 1 saturated heterocycles. The molecule has 8 nitrogen and oxygen atoms in total. The van der Waals surface area contributed by atoms with Gasteiger partial charge in [0.1, 0.15) is 0 Å². The van der Waals surface area contributed by atoms with E-state index in [1.54, 1.807) is 24.3 Å². The summed E-state index contributed by atoms with van der Waals surface area (Å²) in [5.41, 5.74) is 0.926. The van der Waals surface area contributed by atoms with Gasteiger partial charge in [-0.1, -0.05) is 29.8 Å². The van der Waals surface area contributed by atoms with Crippen LogP contribution in [0.5, 0.6) is 0 Å². The molecule has 1 amide bonds. The third-order valence-corrected chi connectivity index (χ3v) is 7.45. The number of carbonyl (C=O) groups excluding carboxylic acids is 1. The Morgan fingerprint density at radius 3 is 2.40 bits per heavy atom. The van der Waals surface area contributed by atoms with Gasteiger partial charge < -0.3 is 5.32 Å². The lowest BCUT2D eigenvalue weighted by molar-refractivity contribution is 0.0951. The monoisotopic (exact) mass is 471 g/mol. The molecule has 0 aromatic heterocycles. The Labute approximate surface area is 181 Å². The summed E-state index contributed by atoms with van der Waals surface area (Å²) in [6.07, 6.45) is 2.65. The maximum absolute atomic E-state index is 12.8. The number of nitrogens with one attached hydrogen (secondary N) is 2. The van der Waals surface area contributed by atoms with Gasteiger partial charge in [-0.2, -0.15) is 4.31 Å². The topological polar surface area (TPSA) is 113 Å². The van der Waals surface area contributed by atoms with E-state index in [9.17, 15) is 21.6 Å². The second-order valence-corrected chi connectivity index (χ2v) is 11.1. The van der Waals surface area contributed by atoms with Crippen molar-refractivity contribution in [3.05, 3.63) is 58.6 Å². The fourth-order valence-electron chi connectivity index (χ4n) is 3.16. The van der Waals surface area contributed by atoms with Crippen molar-refractivity contribution in [1.29, 1.82) is 0 Å². The molecular weight excluding hydrogens is 450 g/mol. The summed E-state index contributed by atoms with van der Waals surface area (Å²) in [5, 5.41) is 2.78. The van der Waals surface area contributed by atoms with E-state index >= 15 is 0 Å². The number of anilines is 1. The molecule has 2 N–H and O–H groups in total. The van der Waals surface area contributed by atoms with Gasteiger partial charge in [-0.25, -0.2) is 16.8 Å². The standard InChI is InChI=1S/C19H22ClN3O5S2/c1-29(25,26)22-18-7-3-2-6-14(18)13-21-19(24)16-12-15(8-9-17(16)20)30(27,28)23-10-4-5-11-23/h2-3,6-9,12,22H,4-5,10-11,13H2,1H3,(H,21,24). The van der Waals surface area contributed by atoms with Gasteiger partial charge in [0.2, 0.25) is 20.0 Å². The molecule has 2 aromatic rings. The second kappa shape index (κ2) is 8.93. The van der Waals surface area contributed by atoms with Crippen LogP contribution in [0.2, 0.25) is 5.02 Å². The Kier molecular flexibility index (Phi) is 6.71. The molecule has 0 bridgehead atoms. The van der Waals surface area contributed by atoms with Crippen LogP contribution in [0, 0.1) is 0 Å². The van der Waals surface area contributed by atoms with Crippen molar-refractivity contribution in [3.8, 4) is 0 Å². The second-order valence-electron chi connectivity index (χ2n) is 6.97. The molecule has 1 aliphatic heterocycles. The van der Waals surface area contributed by atoms with Crippen LogP contribution >= 0.6 is 11.6 Å². The first kappa shape index (κ1) is 22.5. The minimum Gasteiger partial charge on any atom is -0.348 e. The molecule has 0 atom stereocenters. The first-order chi connectivity index (χ1) is 14.1. The predicted molar refractivity (Wildman–Crippen MR) is 116 cm³/mol. The summed E-state index contributed by atoms with van der Waals surface area (Å²) in [5.74, 6) is -0.562. The van der Waals surface area contributed by atoms with Gasteiger partial charge in [0.05, 0.1) is 27.4 Å². The van der Waals surface area contributed by atoms with Gasteiger partial charge in [-0.15, -0.1) is 0 Å². The lowest BCUT2D eigenvalue weighted by Gasteiger charge is -2.16. The zero-order valence-corrected chi connectivity index (χ0v) is 18.6. The third kappa shape index (κ3) is 5.31. The number of carbonyl (C=O) groups is 1. The molecule has 0 radical (unpaired) electrons. The fraction of sp³-hybridized carbons (Fsp3) is 0.316. The Morgan fingerprint density at radius 2 is 1.73 bits per heavy atom. The average Bonchev–Trinajstić information content (AvgIpc) is 3.22. The lowest BCUT2D eigenvalue weighted by atomic mass is 10.1. The highest BCUT2D eigenvalue weighted by molar-refractivity contribution is 7.92. The predicted octanol–water partition coefficient (Wildman–Crippen LogP) is 2.43. The largest absolute Gasteiger partial charge is 0.348 e. The minimum atomic E-state index is -3.69. The highest BCUT2D eigenvalue weighted by Gasteiger charge is 2.28. The summed E-state index contributed by atoms with van der Waals surface area (Å²) in [7, 11) is -7.17. The van der Waals surface area contributed by atoms with Gasteiger partial charge in [-0.3, -0.25) is 9.52 Å². The number of nitrogens with zero attached hydrogens (tertiary/aromatic N) is 1. The molecule has 3 rings (SSSR count). The molecule has 1 aliphatic rings. The lowest BCUT2D eigenvalue weighted by Crippen LogP contribution is -2.28. The quantitative estimate of drug-likeness (QED) is 0.644. The highest BCUT2D eigenvalue weighted by atomic mass is 35.5. The van der Waals surface area contributed by atoms with Gasteiger partial charge >= 0.3 is 0 Å². The number of amides is 1. The SMILES string of the molecule is CS(=O)(=O)Nc1ccccc1CNC(=O)c1cc(S(=O)(=O)N2CCCC2)ccc1Cl. The van der Waals surface area contributed by atoms with Gasteiger partial charge in [0, 0.05) is 19.6 Å². The average molecular weight is 472 g/mol. The van der Waals surface area contributed by atoms with Crippen LogP contribution in [0.1, 0.15) is 28.8 Å². The van der Waals surface area contributed by atoms with Crippen LogP contribution in [0.4, 0.5) is 5.69 Å². The van der Waals surface area contributed by atoms with E-state index in [2.05, 4.69) is 10.0 Å². The maximum Gasteiger partial charge on any atom is 0.253 e. The molecule has 0 saturated carbocycles. The number of benzene rings is 2. The third-order valence-electron chi connectivity index (χ3n) is 4.64. The molecule has 0 unspecified atom stereocenters. The smallest absolute Gasteiger partial charge is 0.253 e. The minimum absolute atomic E-state index is 0.0121. The van der Waals surface area contributed by atoms with Crippen molar-refractivity contribution in [3.63, 3.8) is 0 Å². The molecule has 1 fully saturated rings. The number of sulfonamides is 2. The first-order valence-electron chi connectivity index (χ1n) is 9.21. The van der Waals surface area contributed by atoms with Crippen LogP contribution < -0.4 is 10.0 Å². The molecular formula is C19H22ClN3O5S2. The van der Waals surface area contributed by atoms with Crippen LogP contribution in [0.15, 0.2) is 47.4 Å². The molecule has 1 heterocycles. The number of halogens is 1. The van der Waals surface area contributed by atoms with Crippen molar-refractivity contribution >= 4 is 43.2 Å². The van der Waals surface area contributed by atoms with Gasteiger partial charge in [0.15, 0.2) is 0 Å². The molecule has 30 heavy (non-hydrogen) atoms. The maximum atomic E-state index is 12.8. The molecule has 0 spiro atoms. The number of hydrogen-bond donors (Lipinski definition) is 2. The molecule has 11 heteroatoms. The molecule has 162 valence electrons. The number of hydrogen-bond acceptors (Lipinski definition) is 5. The fourth-order valence-corrected chi connectivity index (χ4v) is 5.51. The summed E-state index contributed by atoms with van der Waals surface area (Å²) < 4.78 is 52.4. The zero-order valence-electron chi connectivity index (χ0n) is 16.3. The van der Waals surface area contributed by atoms with E-state index in [-0.39, 0.29) is 22.0 Å². The van der Waals surface area contributed by atoms with E-state index in [0.717, 1.165) is 19.1 Å². The van der Waals surface area contributed by atoms with Gasteiger partial charge in [-0.05, 0) is 42.7 Å². The normalized spacial score (nSPS) is 15.1. The van der Waals surface area contributed by atoms with Crippen molar-refractivity contribution in [2.75, 3.05) is 24.1 Å². The molecule has 0 aliphatic carbocycles. The molecule has 2 aromatic carbocycles. The Balaban J connectivity index is 1.80. The van der Waals surface area contributed by atoms with E-state index in [4.69, 9.17) is 11.6 Å². The summed E-state index contributed by atoms with van der Waals surface area (Å²) >= 11 is 6.14. The summed E-state index contributed by atoms with van der Waals surface area (Å²) in [6.45, 7) is 0.935. The van der Waals surface area contributed by atoms with E-state index < -0.39 is 26.0 Å². The van der Waals surface area contributed by atoms with Crippen LogP contribution in [0.3, 0.4) is 0 Å². The number of para-hydroxylation sites is 1.